The van der Waals surface area contributed by atoms with Gasteiger partial charge in [-0.2, -0.15) is 0 Å². The number of rotatable bonds is 8. The van der Waals surface area contributed by atoms with Gasteiger partial charge in [-0.3, -0.25) is 9.69 Å². The summed E-state index contributed by atoms with van der Waals surface area (Å²) in [5.74, 6) is 1.00. The Morgan fingerprint density at radius 1 is 0.968 bits per heavy atom. The summed E-state index contributed by atoms with van der Waals surface area (Å²) in [6.07, 6.45) is 2.48. The van der Waals surface area contributed by atoms with E-state index in [0.29, 0.717) is 6.54 Å². The Morgan fingerprint density at radius 3 is 2.26 bits per heavy atom. The molecule has 1 saturated heterocycles. The molecule has 1 amide bonds. The molecule has 3 aromatic rings. The van der Waals surface area contributed by atoms with Crippen molar-refractivity contribution in [3.8, 4) is 0 Å². The molecule has 1 fully saturated rings. The molecule has 2 aromatic carbocycles. The molecule has 1 atom stereocenters. The van der Waals surface area contributed by atoms with Crippen molar-refractivity contribution in [3.63, 3.8) is 0 Å². The second-order valence-electron chi connectivity index (χ2n) is 8.10. The van der Waals surface area contributed by atoms with E-state index in [1.165, 1.54) is 30.2 Å². The second kappa shape index (κ2) is 10.1. The molecule has 0 bridgehead atoms. The van der Waals surface area contributed by atoms with Crippen molar-refractivity contribution in [2.75, 3.05) is 27.2 Å². The Labute approximate surface area is 188 Å². The lowest BCUT2D eigenvalue weighted by atomic mass is 10.1. The molecular weight excluding hydrogens is 406 g/mol. The third kappa shape index (κ3) is 5.35. The van der Waals surface area contributed by atoms with E-state index < -0.39 is 0 Å². The molecule has 4 rings (SSSR count). The molecule has 7 heteroatoms. The number of hydrogen-bond acceptors (Lipinski definition) is 5. The average Bonchev–Trinajstić information content (AvgIpc) is 3.44. The molecule has 1 aromatic heterocycles. The zero-order valence-electron chi connectivity index (χ0n) is 18.1. The summed E-state index contributed by atoms with van der Waals surface area (Å²) in [7, 11) is 3.60. The summed E-state index contributed by atoms with van der Waals surface area (Å²) in [4.78, 5) is 17.1. The lowest BCUT2D eigenvalue weighted by molar-refractivity contribution is -0.128. The topological polar surface area (TPSA) is 54.3 Å². The number of nitrogens with zero attached hydrogens (tertiary/aromatic N) is 5. The normalized spacial score (nSPS) is 15.2. The number of carbonyl (C=O) groups excluding carboxylic acids is 1. The summed E-state index contributed by atoms with van der Waals surface area (Å²) >= 11 is 1.48. The van der Waals surface area contributed by atoms with Crippen LogP contribution in [0.3, 0.4) is 0 Å². The molecule has 0 spiro atoms. The van der Waals surface area contributed by atoms with Crippen LogP contribution in [0.5, 0.6) is 0 Å². The van der Waals surface area contributed by atoms with Gasteiger partial charge in [-0.1, -0.05) is 72.4 Å². The van der Waals surface area contributed by atoms with Crippen molar-refractivity contribution in [1.82, 2.24) is 24.6 Å². The predicted molar refractivity (Wildman–Crippen MR) is 124 cm³/mol. The fourth-order valence-electron chi connectivity index (χ4n) is 3.82. The molecule has 0 saturated carbocycles. The largest absolute Gasteiger partial charge is 0.348 e. The molecule has 31 heavy (non-hydrogen) atoms. The van der Waals surface area contributed by atoms with Gasteiger partial charge in [0.25, 0.3) is 0 Å². The average molecular weight is 436 g/mol. The minimum atomic E-state index is -0.366. The van der Waals surface area contributed by atoms with Gasteiger partial charge in [-0.15, -0.1) is 10.2 Å². The number of amides is 1. The first-order chi connectivity index (χ1) is 15.1. The third-order valence-corrected chi connectivity index (χ3v) is 6.75. The van der Waals surface area contributed by atoms with Crippen LogP contribution in [-0.2, 0) is 17.9 Å². The van der Waals surface area contributed by atoms with Gasteiger partial charge in [-0.05, 0) is 37.1 Å². The van der Waals surface area contributed by atoms with E-state index >= 15 is 0 Å². The van der Waals surface area contributed by atoms with E-state index in [1.807, 2.05) is 36.4 Å². The highest BCUT2D eigenvalue weighted by Crippen LogP contribution is 2.36. The van der Waals surface area contributed by atoms with Crippen molar-refractivity contribution in [3.05, 3.63) is 77.6 Å². The molecule has 2 heterocycles. The van der Waals surface area contributed by atoms with Crippen LogP contribution >= 0.6 is 11.8 Å². The van der Waals surface area contributed by atoms with E-state index in [2.05, 4.69) is 43.9 Å². The lowest BCUT2D eigenvalue weighted by Crippen LogP contribution is -2.27. The van der Waals surface area contributed by atoms with Crippen molar-refractivity contribution in [2.45, 2.75) is 36.3 Å². The summed E-state index contributed by atoms with van der Waals surface area (Å²) in [5.41, 5.74) is 2.17. The summed E-state index contributed by atoms with van der Waals surface area (Å²) < 4.78 is 2.18. The zero-order valence-corrected chi connectivity index (χ0v) is 19.0. The first-order valence-electron chi connectivity index (χ1n) is 10.7. The van der Waals surface area contributed by atoms with Crippen molar-refractivity contribution in [2.24, 2.45) is 0 Å². The molecule has 0 aliphatic carbocycles. The summed E-state index contributed by atoms with van der Waals surface area (Å²) in [6.45, 7) is 3.69. The number of thioether (sulfide) groups is 1. The van der Waals surface area contributed by atoms with E-state index in [4.69, 9.17) is 0 Å². The maximum Gasteiger partial charge on any atom is 0.240 e. The maximum atomic E-state index is 13.0. The fraction of sp³-hybridized carbons (Fsp3) is 0.375. The Balaban J connectivity index is 1.66. The van der Waals surface area contributed by atoms with Gasteiger partial charge in [0.15, 0.2) is 5.16 Å². The molecule has 1 aliphatic heterocycles. The van der Waals surface area contributed by atoms with Gasteiger partial charge in [0.05, 0.1) is 13.1 Å². The zero-order chi connectivity index (χ0) is 21.6. The molecule has 1 aliphatic rings. The Bertz CT molecular complexity index is 984. The molecule has 0 N–H and O–H groups in total. The van der Waals surface area contributed by atoms with Crippen molar-refractivity contribution < 1.29 is 4.79 Å². The van der Waals surface area contributed by atoms with Gasteiger partial charge >= 0.3 is 0 Å². The molecule has 162 valence electrons. The number of hydrogen-bond donors (Lipinski definition) is 0. The fourth-order valence-corrected chi connectivity index (χ4v) is 5.02. The number of likely N-dealkylation sites (N-methyl/N-ethyl adjacent to an activating group) is 1. The Kier molecular flexibility index (Phi) is 7.04. The van der Waals surface area contributed by atoms with Crippen LogP contribution in [0.2, 0.25) is 0 Å². The maximum absolute atomic E-state index is 13.0. The predicted octanol–water partition coefficient (Wildman–Crippen LogP) is 3.84. The van der Waals surface area contributed by atoms with E-state index in [-0.39, 0.29) is 11.2 Å². The SMILES string of the molecule is CN(C)C(=O)[C@@H](Sc1nnc(CN2CCCC2)n1Cc1ccccc1)c1ccccc1. The summed E-state index contributed by atoms with van der Waals surface area (Å²) in [5, 5.41) is 9.51. The standard InChI is InChI=1S/C24H29N5OS/c1-27(2)23(30)22(20-13-7-4-8-14-20)31-24-26-25-21(18-28-15-9-10-16-28)29(24)17-19-11-5-3-6-12-19/h3-8,11-14,22H,9-10,15-18H2,1-2H3/t22-/m0/s1. The lowest BCUT2D eigenvalue weighted by Gasteiger charge is -2.21. The van der Waals surface area contributed by atoms with Gasteiger partial charge < -0.3 is 9.47 Å². The van der Waals surface area contributed by atoms with E-state index in [9.17, 15) is 4.79 Å². The number of carbonyl (C=O) groups is 1. The monoisotopic (exact) mass is 435 g/mol. The number of benzene rings is 2. The third-order valence-electron chi connectivity index (χ3n) is 5.53. The second-order valence-corrected chi connectivity index (χ2v) is 9.17. The number of aromatic nitrogens is 3. The van der Waals surface area contributed by atoms with Crippen LogP contribution in [-0.4, -0.2) is 57.7 Å². The van der Waals surface area contributed by atoms with Gasteiger partial charge in [0.1, 0.15) is 11.1 Å². The first-order valence-corrected chi connectivity index (χ1v) is 11.6. The van der Waals surface area contributed by atoms with Crippen LogP contribution in [0.1, 0.15) is 35.0 Å². The highest BCUT2D eigenvalue weighted by atomic mass is 32.2. The smallest absolute Gasteiger partial charge is 0.240 e. The van der Waals surface area contributed by atoms with Crippen LogP contribution in [0.25, 0.3) is 0 Å². The van der Waals surface area contributed by atoms with E-state index in [1.54, 1.807) is 19.0 Å². The molecule has 6 nitrogen and oxygen atoms in total. The quantitative estimate of drug-likeness (QED) is 0.503. The Morgan fingerprint density at radius 2 is 1.61 bits per heavy atom. The molecule has 0 radical (unpaired) electrons. The molecule has 0 unspecified atom stereocenters. The molecular formula is C24H29N5OS. The van der Waals surface area contributed by atoms with E-state index in [0.717, 1.165) is 36.2 Å². The van der Waals surface area contributed by atoms with Crippen LogP contribution in [0, 0.1) is 0 Å². The van der Waals surface area contributed by atoms with Gasteiger partial charge in [0, 0.05) is 14.1 Å². The van der Waals surface area contributed by atoms with Crippen molar-refractivity contribution in [1.29, 1.82) is 0 Å². The van der Waals surface area contributed by atoms with Crippen LogP contribution in [0.4, 0.5) is 0 Å². The van der Waals surface area contributed by atoms with Gasteiger partial charge in [-0.25, -0.2) is 0 Å². The minimum Gasteiger partial charge on any atom is -0.348 e. The van der Waals surface area contributed by atoms with Crippen LogP contribution in [0.15, 0.2) is 65.8 Å². The summed E-state index contributed by atoms with van der Waals surface area (Å²) in [6, 6.07) is 20.3. The Hall–Kier alpha value is -2.64. The first kappa shape index (κ1) is 21.6. The number of likely N-dealkylation sites (tertiary alicyclic amines) is 1. The highest BCUT2D eigenvalue weighted by molar-refractivity contribution is 8.00. The van der Waals surface area contributed by atoms with Crippen molar-refractivity contribution >= 4 is 17.7 Å². The van der Waals surface area contributed by atoms with Crippen LogP contribution < -0.4 is 0 Å². The minimum absolute atomic E-state index is 0.0477. The highest BCUT2D eigenvalue weighted by Gasteiger charge is 2.27. The van der Waals surface area contributed by atoms with Gasteiger partial charge in [0.2, 0.25) is 5.91 Å².